The molecule has 10 nitrogen and oxygen atoms in total. The second-order valence-corrected chi connectivity index (χ2v) is 10.0. The Balaban J connectivity index is 1.87. The van der Waals surface area contributed by atoms with Gasteiger partial charge in [0.2, 0.25) is 0 Å². The van der Waals surface area contributed by atoms with Crippen molar-refractivity contribution in [1.82, 2.24) is 0 Å². The smallest absolute Gasteiger partial charge is 0.269 e. The topological polar surface area (TPSA) is 128 Å². The Morgan fingerprint density at radius 3 is 2.03 bits per heavy atom. The number of nitro groups is 2. The molecule has 0 spiro atoms. The van der Waals surface area contributed by atoms with Gasteiger partial charge in [-0.05, 0) is 36.8 Å². The van der Waals surface area contributed by atoms with Crippen molar-refractivity contribution in [3.63, 3.8) is 0 Å². The first kappa shape index (κ1) is 23.3. The summed E-state index contributed by atoms with van der Waals surface area (Å²) in [6, 6.07) is 20.9. The molecule has 0 unspecified atom stereocenters. The molecule has 0 fully saturated rings. The van der Waals surface area contributed by atoms with Crippen molar-refractivity contribution >= 4 is 29.9 Å². The fourth-order valence-electron chi connectivity index (χ4n) is 3.84. The summed E-state index contributed by atoms with van der Waals surface area (Å²) in [4.78, 5) is 21.2. The maximum atomic E-state index is 14.4. The van der Waals surface area contributed by atoms with E-state index in [2.05, 4.69) is 5.10 Å². The van der Waals surface area contributed by atoms with Crippen molar-refractivity contribution in [2.75, 3.05) is 18.2 Å². The second kappa shape index (κ2) is 9.54. The van der Waals surface area contributed by atoms with E-state index in [4.69, 9.17) is 4.52 Å². The fraction of sp³-hybridized carbons (Fsp3) is 0.174. The number of non-ortho nitro benzene ring substituents is 2. The lowest BCUT2D eigenvalue weighted by atomic mass is 10.1. The molecule has 3 aromatic carbocycles. The van der Waals surface area contributed by atoms with Gasteiger partial charge in [-0.25, -0.2) is 0 Å². The third-order valence-electron chi connectivity index (χ3n) is 5.47. The van der Waals surface area contributed by atoms with Gasteiger partial charge in [-0.2, -0.15) is 5.10 Å². The van der Waals surface area contributed by atoms with Crippen LogP contribution in [-0.2, 0) is 9.09 Å². The van der Waals surface area contributed by atoms with Crippen LogP contribution in [-0.4, -0.2) is 28.5 Å². The summed E-state index contributed by atoms with van der Waals surface area (Å²) in [7, 11) is -3.57. The molecular weight excluding hydrogens is 459 g/mol. The molecule has 0 saturated carbocycles. The summed E-state index contributed by atoms with van der Waals surface area (Å²) >= 11 is 0. The van der Waals surface area contributed by atoms with Gasteiger partial charge in [0.05, 0.1) is 34.3 Å². The molecule has 1 aliphatic rings. The van der Waals surface area contributed by atoms with E-state index < -0.39 is 22.9 Å². The molecule has 1 heterocycles. The van der Waals surface area contributed by atoms with E-state index in [1.165, 1.54) is 36.4 Å². The first-order valence-corrected chi connectivity index (χ1v) is 12.2. The number of benzene rings is 3. The summed E-state index contributed by atoms with van der Waals surface area (Å²) in [5.74, 6) is 0. The summed E-state index contributed by atoms with van der Waals surface area (Å²) in [6.45, 7) is 2.15. The monoisotopic (exact) mass is 480 g/mol. The van der Waals surface area contributed by atoms with Crippen LogP contribution in [0.5, 0.6) is 0 Å². The van der Waals surface area contributed by atoms with Crippen molar-refractivity contribution in [1.29, 1.82) is 0 Å². The minimum absolute atomic E-state index is 0.0556. The average molecular weight is 480 g/mol. The molecule has 0 aromatic heterocycles. The van der Waals surface area contributed by atoms with Crippen LogP contribution in [0.3, 0.4) is 0 Å². The van der Waals surface area contributed by atoms with E-state index in [0.717, 1.165) is 5.56 Å². The molecule has 2 atom stereocenters. The zero-order valence-corrected chi connectivity index (χ0v) is 19.1. The van der Waals surface area contributed by atoms with Crippen LogP contribution in [0.1, 0.15) is 23.7 Å². The van der Waals surface area contributed by atoms with E-state index in [9.17, 15) is 24.8 Å². The van der Waals surface area contributed by atoms with Gasteiger partial charge < -0.3 is 4.52 Å². The van der Waals surface area contributed by atoms with Crippen molar-refractivity contribution in [2.45, 2.75) is 12.6 Å². The summed E-state index contributed by atoms with van der Waals surface area (Å²) in [5.41, 5.74) is 1.26. The lowest BCUT2D eigenvalue weighted by Crippen LogP contribution is -2.32. The lowest BCUT2D eigenvalue weighted by Gasteiger charge is -2.37. The normalized spacial score (nSPS) is 20.0. The van der Waals surface area contributed by atoms with E-state index >= 15 is 0 Å². The van der Waals surface area contributed by atoms with Crippen LogP contribution in [0.4, 0.5) is 17.1 Å². The Hall–Kier alpha value is -3.88. The molecule has 0 saturated heterocycles. The van der Waals surface area contributed by atoms with Crippen molar-refractivity contribution in [2.24, 2.45) is 5.10 Å². The van der Waals surface area contributed by atoms with E-state index in [-0.39, 0.29) is 30.0 Å². The molecular formula is C23H21N4O6P. The van der Waals surface area contributed by atoms with Crippen LogP contribution in [0.2, 0.25) is 0 Å². The Morgan fingerprint density at radius 2 is 1.50 bits per heavy atom. The van der Waals surface area contributed by atoms with E-state index in [0.29, 0.717) is 11.3 Å². The summed E-state index contributed by atoms with van der Waals surface area (Å²) in [5, 5.41) is 28.4. The molecule has 11 heteroatoms. The molecule has 3 aromatic rings. The number of rotatable bonds is 7. The van der Waals surface area contributed by atoms with Gasteiger partial charge in [0, 0.05) is 29.8 Å². The van der Waals surface area contributed by atoms with Gasteiger partial charge >= 0.3 is 0 Å². The Bertz CT molecular complexity index is 1280. The largest absolute Gasteiger partial charge is 0.324 e. The minimum atomic E-state index is -3.57. The highest BCUT2D eigenvalue weighted by molar-refractivity contribution is 7.77. The third-order valence-corrected chi connectivity index (χ3v) is 8.33. The van der Waals surface area contributed by atoms with Crippen LogP contribution in [0.15, 0.2) is 84.0 Å². The molecule has 0 radical (unpaired) electrons. The third kappa shape index (κ3) is 4.46. The van der Waals surface area contributed by atoms with Gasteiger partial charge in [0.25, 0.3) is 18.7 Å². The Morgan fingerprint density at radius 1 is 0.941 bits per heavy atom. The standard InChI is InChI=1S/C23H21N4O6P/c1-2-33-34(32)22(17-6-4-3-5-7-17)16-25(19-12-14-21(15-13-19)27(30)31)24-23(34)18-8-10-20(11-9-18)26(28)29/h3-15,22H,2,16H2,1H3/t22-,34+/m0/s1. The van der Waals surface area contributed by atoms with Crippen LogP contribution >= 0.6 is 7.37 Å². The maximum Gasteiger partial charge on any atom is 0.269 e. The zero-order valence-electron chi connectivity index (χ0n) is 18.2. The Labute approximate surface area is 195 Å². The van der Waals surface area contributed by atoms with E-state index in [1.54, 1.807) is 24.1 Å². The van der Waals surface area contributed by atoms with Crippen molar-refractivity contribution < 1.29 is 18.9 Å². The van der Waals surface area contributed by atoms with Crippen molar-refractivity contribution in [3.05, 3.63) is 110 Å². The molecule has 0 amide bonds. The number of nitrogens with zero attached hydrogens (tertiary/aromatic N) is 4. The van der Waals surface area contributed by atoms with Gasteiger partial charge in [0.1, 0.15) is 0 Å². The van der Waals surface area contributed by atoms with Gasteiger partial charge in [-0.3, -0.25) is 29.8 Å². The average Bonchev–Trinajstić information content (AvgIpc) is 2.85. The number of hydrazone groups is 1. The Kier molecular flexibility index (Phi) is 6.54. The minimum Gasteiger partial charge on any atom is -0.324 e. The number of hydrogen-bond acceptors (Lipinski definition) is 8. The molecule has 1 aliphatic heterocycles. The SMILES string of the molecule is CCO[P@@]1(=O)C(c2ccc([N+](=O)[O-])cc2)=NN(c2ccc([N+](=O)[O-])cc2)C[C@H]1c1ccccc1. The maximum absolute atomic E-state index is 14.4. The van der Waals surface area contributed by atoms with E-state index in [1.807, 2.05) is 30.3 Å². The summed E-state index contributed by atoms with van der Waals surface area (Å²) < 4.78 is 20.3. The highest BCUT2D eigenvalue weighted by Gasteiger charge is 2.46. The second-order valence-electron chi connectivity index (χ2n) is 7.52. The molecule has 34 heavy (non-hydrogen) atoms. The lowest BCUT2D eigenvalue weighted by molar-refractivity contribution is -0.385. The number of nitro benzene ring substituents is 2. The zero-order chi connectivity index (χ0) is 24.3. The highest BCUT2D eigenvalue weighted by Crippen LogP contribution is 2.64. The molecule has 0 bridgehead atoms. The molecule has 0 N–H and O–H groups in total. The first-order chi connectivity index (χ1) is 16.3. The quantitative estimate of drug-likeness (QED) is 0.239. The number of hydrogen-bond donors (Lipinski definition) is 0. The molecule has 0 aliphatic carbocycles. The van der Waals surface area contributed by atoms with Crippen molar-refractivity contribution in [3.8, 4) is 0 Å². The van der Waals surface area contributed by atoms with Crippen LogP contribution < -0.4 is 5.01 Å². The predicted molar refractivity (Wildman–Crippen MR) is 128 cm³/mol. The number of anilines is 1. The highest BCUT2D eigenvalue weighted by atomic mass is 31.2. The summed E-state index contributed by atoms with van der Waals surface area (Å²) in [6.07, 6.45) is 0. The van der Waals surface area contributed by atoms with Crippen LogP contribution in [0, 0.1) is 20.2 Å². The predicted octanol–water partition coefficient (Wildman–Crippen LogP) is 5.74. The van der Waals surface area contributed by atoms with Gasteiger partial charge in [-0.15, -0.1) is 0 Å². The molecule has 174 valence electrons. The van der Waals surface area contributed by atoms with Gasteiger partial charge in [-0.1, -0.05) is 30.3 Å². The fourth-order valence-corrected chi connectivity index (χ4v) is 6.49. The van der Waals surface area contributed by atoms with Gasteiger partial charge in [0.15, 0.2) is 5.45 Å². The molecule has 4 rings (SSSR count). The van der Waals surface area contributed by atoms with Crippen LogP contribution in [0.25, 0.3) is 0 Å². The first-order valence-electron chi connectivity index (χ1n) is 10.5.